The summed E-state index contributed by atoms with van der Waals surface area (Å²) in [6.07, 6.45) is 0. The molecule has 0 saturated heterocycles. The van der Waals surface area contributed by atoms with E-state index in [1.54, 1.807) is 0 Å². The molecule has 0 unspecified atom stereocenters. The minimum atomic E-state index is -6.70. The Kier molecular flexibility index (Phi) is 3.96. The third-order valence-corrected chi connectivity index (χ3v) is 26.7. The van der Waals surface area contributed by atoms with Crippen LogP contribution >= 0.6 is 0 Å². The molecule has 0 aromatic heterocycles. The van der Waals surface area contributed by atoms with Crippen molar-refractivity contribution in [1.82, 2.24) is 0 Å². The second kappa shape index (κ2) is 3.98. The molecule has 14 heteroatoms. The average Bonchev–Trinajstić information content (AvgIpc) is 1.98. The van der Waals surface area contributed by atoms with Gasteiger partial charge in [-0.15, -0.1) is 0 Å². The molecule has 94 valence electrons. The van der Waals surface area contributed by atoms with Gasteiger partial charge in [0.05, 0.1) is 0 Å². The van der Waals surface area contributed by atoms with Crippen molar-refractivity contribution in [2.75, 3.05) is 0 Å². The van der Waals surface area contributed by atoms with Crippen LogP contribution in [-0.2, 0) is 29.0 Å². The fourth-order valence-corrected chi connectivity index (χ4v) is 18.4. The van der Waals surface area contributed by atoms with Crippen LogP contribution in [0.1, 0.15) is 0 Å². The van der Waals surface area contributed by atoms with Gasteiger partial charge in [-0.05, 0) is 0 Å². The standard InChI is InChI=1S/2CF3O2S.HN.Zn/c2*2-1(3,4)7(5)6;;/h;;1H;. The first-order valence-electron chi connectivity index (χ1n) is 3.14. The number of hydrogen-bond acceptors (Lipinski definition) is 5. The van der Waals surface area contributed by atoms with Crippen LogP contribution < -0.4 is 0 Å². The first kappa shape index (κ1) is 15.9. The Hall–Kier alpha value is -0.0966. The Morgan fingerprint density at radius 1 is 0.750 bits per heavy atom. The molecule has 16 heavy (non-hydrogen) atoms. The van der Waals surface area contributed by atoms with Gasteiger partial charge in [0.2, 0.25) is 0 Å². The molecule has 5 nitrogen and oxygen atoms in total. The van der Waals surface area contributed by atoms with Crippen molar-refractivity contribution in [2.45, 2.75) is 11.0 Å². The summed E-state index contributed by atoms with van der Waals surface area (Å²) in [5.41, 5.74) is -12.3. The zero-order chi connectivity index (χ0) is 13.6. The zero-order valence-electron chi connectivity index (χ0n) is 6.92. The maximum atomic E-state index is 11.7. The van der Waals surface area contributed by atoms with E-state index in [2.05, 4.69) is 0 Å². The van der Waals surface area contributed by atoms with Crippen molar-refractivity contribution in [3.63, 3.8) is 0 Å². The molecule has 0 heterocycles. The van der Waals surface area contributed by atoms with Crippen LogP contribution in [0.25, 0.3) is 0 Å². The van der Waals surface area contributed by atoms with Gasteiger partial charge in [0.1, 0.15) is 0 Å². The van der Waals surface area contributed by atoms with Crippen molar-refractivity contribution < 1.29 is 56.5 Å². The van der Waals surface area contributed by atoms with Gasteiger partial charge in [-0.2, -0.15) is 0 Å². The Balaban J connectivity index is 5.81. The molecule has 0 aromatic rings. The monoisotopic (exact) mass is 345 g/mol. The van der Waals surface area contributed by atoms with Crippen molar-refractivity contribution in [2.24, 2.45) is 0 Å². The fraction of sp³-hybridized carbons (Fsp3) is 1.00. The van der Waals surface area contributed by atoms with E-state index >= 15 is 0 Å². The number of rotatable bonds is 2. The van der Waals surface area contributed by atoms with E-state index in [0.717, 1.165) is 0 Å². The molecule has 0 rings (SSSR count). The summed E-state index contributed by atoms with van der Waals surface area (Å²) >= 11 is -6.70. The van der Waals surface area contributed by atoms with Gasteiger partial charge >= 0.3 is 87.3 Å². The third-order valence-electron chi connectivity index (χ3n) is 1.40. The van der Waals surface area contributed by atoms with E-state index < -0.39 is 40.0 Å². The van der Waals surface area contributed by atoms with Crippen LogP contribution in [0.5, 0.6) is 0 Å². The number of alkyl halides is 6. The van der Waals surface area contributed by atoms with Gasteiger partial charge in [0.15, 0.2) is 0 Å². The summed E-state index contributed by atoms with van der Waals surface area (Å²) in [4.78, 5) is 0. The third kappa shape index (κ3) is 2.59. The van der Waals surface area contributed by atoms with Gasteiger partial charge in [-0.25, -0.2) is 0 Å². The SMILES string of the molecule is [NH]=[Zn]([S](=O)(=O)C(F)(F)F)[S](=O)(=O)C(F)(F)F. The van der Waals surface area contributed by atoms with Gasteiger partial charge in [-0.1, -0.05) is 0 Å². The molecule has 0 aliphatic carbocycles. The van der Waals surface area contributed by atoms with Crippen LogP contribution in [0.15, 0.2) is 0 Å². The van der Waals surface area contributed by atoms with Gasteiger partial charge in [-0.3, -0.25) is 0 Å². The summed E-state index contributed by atoms with van der Waals surface area (Å²) in [7, 11) is -13.1. The Morgan fingerprint density at radius 3 is 1.06 bits per heavy atom. The maximum absolute atomic E-state index is 11.7. The van der Waals surface area contributed by atoms with E-state index in [4.69, 9.17) is 4.10 Å². The van der Waals surface area contributed by atoms with Crippen LogP contribution in [0, 0.1) is 4.10 Å². The normalized spacial score (nSPS) is 14.3. The number of nitrogens with one attached hydrogen (secondary N) is 1. The molecule has 0 fully saturated rings. The molecule has 0 radical (unpaired) electrons. The van der Waals surface area contributed by atoms with Crippen LogP contribution in [-0.4, -0.2) is 27.9 Å². The Morgan fingerprint density at radius 2 is 0.938 bits per heavy atom. The number of halogens is 6. The van der Waals surface area contributed by atoms with Crippen LogP contribution in [0.3, 0.4) is 0 Å². The quantitative estimate of drug-likeness (QED) is 0.598. The van der Waals surface area contributed by atoms with Crippen molar-refractivity contribution in [3.8, 4) is 0 Å². The first-order valence-corrected chi connectivity index (χ1v) is 15.2. The molecule has 0 aromatic carbocycles. The molecular weight excluding hydrogens is 346 g/mol. The summed E-state index contributed by atoms with van der Waals surface area (Å²) in [5, 5.41) is 0. The molecule has 0 bridgehead atoms. The molecule has 0 aliphatic heterocycles. The molecule has 1 N–H and O–H groups in total. The minimum absolute atomic E-state index is 6.16. The zero-order valence-corrected chi connectivity index (χ0v) is 11.5. The Bertz CT molecular complexity index is 452. The topological polar surface area (TPSA) is 92.1 Å². The summed E-state index contributed by atoms with van der Waals surface area (Å²) in [6.45, 7) is 0. The predicted octanol–water partition coefficient (Wildman–Crippen LogP) is 1.07. The van der Waals surface area contributed by atoms with E-state index in [9.17, 15) is 43.2 Å². The fourth-order valence-electron chi connectivity index (χ4n) is 0.502. The van der Waals surface area contributed by atoms with Gasteiger partial charge < -0.3 is 0 Å². The van der Waals surface area contributed by atoms with Gasteiger partial charge in [0.25, 0.3) is 0 Å². The van der Waals surface area contributed by atoms with E-state index in [1.165, 1.54) is 0 Å². The summed E-state index contributed by atoms with van der Waals surface area (Å²) in [6, 6.07) is 0. The van der Waals surface area contributed by atoms with E-state index in [1.807, 2.05) is 0 Å². The Labute approximate surface area is 87.5 Å². The predicted molar refractivity (Wildman–Crippen MR) is 32.7 cm³/mol. The van der Waals surface area contributed by atoms with Gasteiger partial charge in [0, 0.05) is 0 Å². The summed E-state index contributed by atoms with van der Waals surface area (Å²) < 4.78 is 118. The molecule has 0 saturated carbocycles. The first-order chi connectivity index (χ1) is 6.65. The molecule has 0 aliphatic rings. The molecule has 0 spiro atoms. The second-order valence-corrected chi connectivity index (χ2v) is 25.1. The molecule has 0 amide bonds. The second-order valence-electron chi connectivity index (χ2n) is 2.53. The van der Waals surface area contributed by atoms with E-state index in [0.29, 0.717) is 0 Å². The van der Waals surface area contributed by atoms with Crippen LogP contribution in [0.2, 0.25) is 0 Å². The average molecular weight is 347 g/mol. The molecule has 0 atom stereocenters. The van der Waals surface area contributed by atoms with E-state index in [-0.39, 0.29) is 0 Å². The van der Waals surface area contributed by atoms with Crippen molar-refractivity contribution in [3.05, 3.63) is 0 Å². The van der Waals surface area contributed by atoms with Crippen molar-refractivity contribution in [1.29, 1.82) is 4.10 Å². The molecular formula is C2HF6NO4S2Zn. The van der Waals surface area contributed by atoms with Crippen LogP contribution in [0.4, 0.5) is 26.3 Å². The number of hydrogen-bond donors (Lipinski definition) is 1. The summed E-state index contributed by atoms with van der Waals surface area (Å²) in [5.74, 6) is 0. The van der Waals surface area contributed by atoms with Crippen molar-refractivity contribution >= 4 is 15.7 Å².